The highest BCUT2D eigenvalue weighted by molar-refractivity contribution is 6.09. The first-order chi connectivity index (χ1) is 16.0. The predicted octanol–water partition coefficient (Wildman–Crippen LogP) is 3.59. The number of amides is 2. The van der Waals surface area contributed by atoms with Crippen molar-refractivity contribution >= 4 is 41.1 Å². The fraction of sp³-hybridized carbons (Fsp3) is 0.0417. The lowest BCUT2D eigenvalue weighted by molar-refractivity contribution is 0.0682. The van der Waals surface area contributed by atoms with E-state index in [1.165, 1.54) is 36.4 Å². The van der Waals surface area contributed by atoms with Crippen LogP contribution in [0.2, 0.25) is 0 Å². The van der Waals surface area contributed by atoms with Crippen LogP contribution in [0.5, 0.6) is 0 Å². The van der Waals surface area contributed by atoms with Gasteiger partial charge in [0.1, 0.15) is 0 Å². The molecule has 0 spiro atoms. The van der Waals surface area contributed by atoms with Crippen molar-refractivity contribution in [2.24, 2.45) is 0 Å². The molecular formula is C24H18N2O8. The molecule has 0 saturated carbocycles. The van der Waals surface area contributed by atoms with E-state index in [2.05, 4.69) is 10.6 Å². The summed E-state index contributed by atoms with van der Waals surface area (Å²) in [5, 5.41) is 32.5. The number of carbonyl (C=O) groups is 5. The quantitative estimate of drug-likeness (QED) is 0.354. The summed E-state index contributed by atoms with van der Waals surface area (Å²) >= 11 is 0. The largest absolute Gasteiger partial charge is 0.478 e. The first-order valence-corrected chi connectivity index (χ1v) is 9.73. The maximum absolute atomic E-state index is 12.7. The Kier molecular flexibility index (Phi) is 6.72. The number of hydrogen-bond donors (Lipinski definition) is 5. The summed E-state index contributed by atoms with van der Waals surface area (Å²) in [5.74, 6) is -5.15. The summed E-state index contributed by atoms with van der Waals surface area (Å²) < 4.78 is 0. The molecule has 10 nitrogen and oxygen atoms in total. The van der Waals surface area contributed by atoms with Gasteiger partial charge in [-0.1, -0.05) is 6.07 Å². The number of anilines is 2. The van der Waals surface area contributed by atoms with E-state index in [0.29, 0.717) is 5.56 Å². The summed E-state index contributed by atoms with van der Waals surface area (Å²) in [7, 11) is 0. The fourth-order valence-electron chi connectivity index (χ4n) is 3.13. The molecule has 0 fully saturated rings. The van der Waals surface area contributed by atoms with Gasteiger partial charge in [-0.15, -0.1) is 0 Å². The van der Waals surface area contributed by atoms with Crippen LogP contribution in [-0.4, -0.2) is 45.0 Å². The van der Waals surface area contributed by atoms with Crippen molar-refractivity contribution in [2.75, 3.05) is 10.6 Å². The zero-order valence-corrected chi connectivity index (χ0v) is 17.7. The van der Waals surface area contributed by atoms with E-state index >= 15 is 0 Å². The summed E-state index contributed by atoms with van der Waals surface area (Å²) in [6.45, 7) is 1.68. The van der Waals surface area contributed by atoms with Gasteiger partial charge in [0.2, 0.25) is 0 Å². The number of rotatable bonds is 7. The van der Waals surface area contributed by atoms with Gasteiger partial charge in [-0.2, -0.15) is 0 Å². The molecule has 2 amide bonds. The Hall–Kier alpha value is -4.99. The van der Waals surface area contributed by atoms with Crippen LogP contribution in [-0.2, 0) is 0 Å². The normalized spacial score (nSPS) is 10.3. The fourth-order valence-corrected chi connectivity index (χ4v) is 3.13. The van der Waals surface area contributed by atoms with Crippen LogP contribution in [0, 0.1) is 6.92 Å². The van der Waals surface area contributed by atoms with Crippen LogP contribution >= 0.6 is 0 Å². The molecule has 0 bridgehead atoms. The summed E-state index contributed by atoms with van der Waals surface area (Å²) in [4.78, 5) is 59.1. The molecule has 0 aliphatic carbocycles. The van der Waals surface area contributed by atoms with Crippen molar-refractivity contribution < 1.29 is 39.3 Å². The minimum absolute atomic E-state index is 0.00718. The van der Waals surface area contributed by atoms with Gasteiger partial charge in [0.05, 0.1) is 16.7 Å². The van der Waals surface area contributed by atoms with Gasteiger partial charge in [0, 0.05) is 22.5 Å². The minimum Gasteiger partial charge on any atom is -0.478 e. The summed E-state index contributed by atoms with van der Waals surface area (Å²) in [5.41, 5.74) is 0.393. The molecule has 3 aromatic carbocycles. The molecule has 3 aromatic rings. The third-order valence-corrected chi connectivity index (χ3v) is 4.65. The van der Waals surface area contributed by atoms with Crippen LogP contribution in [0.15, 0.2) is 60.7 Å². The number of carbonyl (C=O) groups excluding carboxylic acids is 2. The first-order valence-electron chi connectivity index (χ1n) is 9.73. The Morgan fingerprint density at radius 1 is 0.559 bits per heavy atom. The Morgan fingerprint density at radius 2 is 0.941 bits per heavy atom. The van der Waals surface area contributed by atoms with Gasteiger partial charge in [0.15, 0.2) is 0 Å². The molecule has 0 aliphatic rings. The molecule has 34 heavy (non-hydrogen) atoms. The average molecular weight is 462 g/mol. The molecule has 3 rings (SSSR count). The topological polar surface area (TPSA) is 170 Å². The minimum atomic E-state index is -1.36. The van der Waals surface area contributed by atoms with E-state index in [0.717, 1.165) is 18.2 Å². The standard InChI is InChI=1S/C24H18N2O8/c1-12-5-15(22(29)30)9-18(6-12)25-20(27)13-3-2-4-14(7-13)21(28)26-19-10-16(23(31)32)8-17(11-19)24(33)34/h2-11H,1H3,(H,25,27)(H,26,28)(H,29,30)(H,31,32)(H,33,34). The second-order valence-electron chi connectivity index (χ2n) is 7.29. The van der Waals surface area contributed by atoms with Gasteiger partial charge in [-0.3, -0.25) is 9.59 Å². The van der Waals surface area contributed by atoms with Crippen molar-refractivity contribution in [1.82, 2.24) is 0 Å². The number of carboxylic acid groups (broad SMARTS) is 3. The second kappa shape index (κ2) is 9.65. The van der Waals surface area contributed by atoms with Crippen LogP contribution < -0.4 is 10.6 Å². The van der Waals surface area contributed by atoms with E-state index < -0.39 is 29.7 Å². The zero-order valence-electron chi connectivity index (χ0n) is 17.7. The molecular weight excluding hydrogens is 444 g/mol. The highest BCUT2D eigenvalue weighted by Crippen LogP contribution is 2.19. The highest BCUT2D eigenvalue weighted by atomic mass is 16.4. The average Bonchev–Trinajstić information content (AvgIpc) is 2.78. The Morgan fingerprint density at radius 3 is 1.38 bits per heavy atom. The molecule has 0 saturated heterocycles. The zero-order chi connectivity index (χ0) is 25.0. The molecule has 0 unspecified atom stereocenters. The smallest absolute Gasteiger partial charge is 0.335 e. The number of benzene rings is 3. The van der Waals surface area contributed by atoms with Gasteiger partial charge in [-0.05, 0) is 67.1 Å². The molecule has 172 valence electrons. The van der Waals surface area contributed by atoms with Crippen LogP contribution in [0.3, 0.4) is 0 Å². The Balaban J connectivity index is 1.82. The Bertz CT molecular complexity index is 1310. The molecule has 0 aromatic heterocycles. The SMILES string of the molecule is Cc1cc(NC(=O)c2cccc(C(=O)Nc3cc(C(=O)O)cc(C(=O)O)c3)c2)cc(C(=O)O)c1. The maximum Gasteiger partial charge on any atom is 0.335 e. The van der Waals surface area contributed by atoms with Crippen molar-refractivity contribution in [3.63, 3.8) is 0 Å². The monoisotopic (exact) mass is 462 g/mol. The number of aromatic carboxylic acids is 3. The number of hydrogen-bond acceptors (Lipinski definition) is 5. The van der Waals surface area contributed by atoms with E-state index in [4.69, 9.17) is 10.2 Å². The van der Waals surface area contributed by atoms with Crippen molar-refractivity contribution in [1.29, 1.82) is 0 Å². The molecule has 0 radical (unpaired) electrons. The third kappa shape index (κ3) is 5.62. The predicted molar refractivity (Wildman–Crippen MR) is 121 cm³/mol. The van der Waals surface area contributed by atoms with Gasteiger partial charge in [0.25, 0.3) is 11.8 Å². The molecule has 10 heteroatoms. The first kappa shape index (κ1) is 23.7. The van der Waals surface area contributed by atoms with E-state index in [9.17, 15) is 29.1 Å². The number of nitrogens with one attached hydrogen (secondary N) is 2. The van der Waals surface area contributed by atoms with Gasteiger partial charge < -0.3 is 26.0 Å². The molecule has 5 N–H and O–H groups in total. The van der Waals surface area contributed by atoms with E-state index in [-0.39, 0.29) is 39.2 Å². The molecule has 0 atom stereocenters. The lowest BCUT2D eigenvalue weighted by atomic mass is 10.1. The second-order valence-corrected chi connectivity index (χ2v) is 7.29. The van der Waals surface area contributed by atoms with E-state index in [1.54, 1.807) is 13.0 Å². The summed E-state index contributed by atoms with van der Waals surface area (Å²) in [6.07, 6.45) is 0. The lowest BCUT2D eigenvalue weighted by Crippen LogP contribution is -2.16. The highest BCUT2D eigenvalue weighted by Gasteiger charge is 2.16. The third-order valence-electron chi connectivity index (χ3n) is 4.65. The van der Waals surface area contributed by atoms with Crippen LogP contribution in [0.1, 0.15) is 57.4 Å². The molecule has 0 heterocycles. The Labute approximate surface area is 192 Å². The van der Waals surface area contributed by atoms with Crippen molar-refractivity contribution in [2.45, 2.75) is 6.92 Å². The number of aryl methyl sites for hydroxylation is 1. The van der Waals surface area contributed by atoms with Gasteiger partial charge in [-0.25, -0.2) is 14.4 Å². The van der Waals surface area contributed by atoms with Crippen LogP contribution in [0.4, 0.5) is 11.4 Å². The summed E-state index contributed by atoms with van der Waals surface area (Å²) in [6, 6.07) is 13.2. The van der Waals surface area contributed by atoms with E-state index in [1.807, 2.05) is 0 Å². The van der Waals surface area contributed by atoms with Gasteiger partial charge >= 0.3 is 17.9 Å². The number of carboxylic acids is 3. The van der Waals surface area contributed by atoms with Crippen molar-refractivity contribution in [3.05, 3.63) is 94.0 Å². The molecule has 0 aliphatic heterocycles. The maximum atomic E-state index is 12.7. The van der Waals surface area contributed by atoms with Crippen LogP contribution in [0.25, 0.3) is 0 Å². The van der Waals surface area contributed by atoms with Crippen molar-refractivity contribution in [3.8, 4) is 0 Å². The lowest BCUT2D eigenvalue weighted by Gasteiger charge is -2.10.